The molecule has 0 saturated carbocycles. The number of hydrogen-bond donors (Lipinski definition) is 1. The summed E-state index contributed by atoms with van der Waals surface area (Å²) < 4.78 is 6.81. The summed E-state index contributed by atoms with van der Waals surface area (Å²) in [4.78, 5) is 29.5. The zero-order chi connectivity index (χ0) is 18.4. The van der Waals surface area contributed by atoms with E-state index < -0.39 is 5.97 Å². The molecule has 132 valence electrons. The quantitative estimate of drug-likeness (QED) is 0.766. The average molecular weight is 368 g/mol. The molecule has 3 aromatic rings. The molecule has 1 aromatic carbocycles. The van der Waals surface area contributed by atoms with Gasteiger partial charge in [-0.15, -0.1) is 11.3 Å². The Kier molecular flexibility index (Phi) is 3.88. The monoisotopic (exact) mass is 368 g/mol. The minimum absolute atomic E-state index is 0.163. The Labute approximate surface area is 153 Å². The highest BCUT2D eigenvalue weighted by Gasteiger charge is 2.25. The molecule has 0 amide bonds. The van der Waals surface area contributed by atoms with Gasteiger partial charge in [0.15, 0.2) is 0 Å². The molecule has 0 bridgehead atoms. The van der Waals surface area contributed by atoms with Gasteiger partial charge in [-0.1, -0.05) is 12.1 Å². The van der Waals surface area contributed by atoms with E-state index >= 15 is 0 Å². The number of aromatic carboxylic acids is 1. The number of carboxylic acids is 1. The van der Waals surface area contributed by atoms with Crippen LogP contribution >= 0.6 is 11.3 Å². The number of thiophene rings is 1. The molecule has 0 saturated heterocycles. The van der Waals surface area contributed by atoms with Gasteiger partial charge in [-0.05, 0) is 48.3 Å². The predicted octanol–water partition coefficient (Wildman–Crippen LogP) is 3.42. The van der Waals surface area contributed by atoms with E-state index in [0.717, 1.165) is 34.6 Å². The van der Waals surface area contributed by atoms with Crippen molar-refractivity contribution in [1.29, 1.82) is 0 Å². The van der Waals surface area contributed by atoms with Crippen LogP contribution in [-0.2, 0) is 6.54 Å². The molecule has 7 heteroatoms. The van der Waals surface area contributed by atoms with E-state index in [0.29, 0.717) is 28.1 Å². The molecule has 0 atom stereocenters. The van der Waals surface area contributed by atoms with Crippen LogP contribution in [0.4, 0.5) is 0 Å². The Morgan fingerprint density at radius 3 is 2.73 bits per heavy atom. The second-order valence-corrected chi connectivity index (χ2v) is 7.13. The van der Waals surface area contributed by atoms with Crippen LogP contribution in [0.25, 0.3) is 21.9 Å². The summed E-state index contributed by atoms with van der Waals surface area (Å²) in [5.74, 6) is 0.380. The van der Waals surface area contributed by atoms with Crippen molar-refractivity contribution in [3.63, 3.8) is 0 Å². The number of benzene rings is 1. The highest BCUT2D eigenvalue weighted by Crippen LogP contribution is 2.32. The van der Waals surface area contributed by atoms with Gasteiger partial charge in [0, 0.05) is 6.54 Å². The molecule has 2 aromatic heterocycles. The lowest BCUT2D eigenvalue weighted by Gasteiger charge is -2.04. The first kappa shape index (κ1) is 16.5. The number of aromatic nitrogens is 2. The molecule has 1 aliphatic heterocycles. The Balaban J connectivity index is 1.86. The number of ether oxygens (including phenoxy) is 1. The van der Waals surface area contributed by atoms with Crippen LogP contribution in [0.3, 0.4) is 0 Å². The summed E-state index contributed by atoms with van der Waals surface area (Å²) in [5, 5.41) is 9.73. The number of nitrogens with zero attached hydrogens (tertiary/aromatic N) is 2. The van der Waals surface area contributed by atoms with Gasteiger partial charge in [-0.3, -0.25) is 9.36 Å². The molecule has 0 unspecified atom stereocenters. The van der Waals surface area contributed by atoms with Crippen molar-refractivity contribution < 1.29 is 14.6 Å². The van der Waals surface area contributed by atoms with E-state index in [1.807, 2.05) is 30.3 Å². The zero-order valence-electron chi connectivity index (χ0n) is 14.3. The molecular formula is C19H16N2O4S. The van der Waals surface area contributed by atoms with E-state index in [9.17, 15) is 14.7 Å². The van der Waals surface area contributed by atoms with Crippen LogP contribution in [0.5, 0.6) is 5.75 Å². The number of fused-ring (bicyclic) bond motifs is 2. The molecule has 0 fully saturated rings. The summed E-state index contributed by atoms with van der Waals surface area (Å²) in [5.41, 5.74) is 2.30. The van der Waals surface area contributed by atoms with E-state index in [4.69, 9.17) is 4.74 Å². The molecule has 0 radical (unpaired) electrons. The van der Waals surface area contributed by atoms with Gasteiger partial charge in [-0.2, -0.15) is 0 Å². The molecule has 3 heterocycles. The lowest BCUT2D eigenvalue weighted by atomic mass is 10.1. The van der Waals surface area contributed by atoms with Crippen LogP contribution in [0.2, 0.25) is 0 Å². The fraction of sp³-hybridized carbons (Fsp3) is 0.211. The Morgan fingerprint density at radius 2 is 2.08 bits per heavy atom. The number of carboxylic acid groups (broad SMARTS) is 1. The fourth-order valence-electron chi connectivity index (χ4n) is 3.26. The van der Waals surface area contributed by atoms with Crippen LogP contribution in [0.1, 0.15) is 33.0 Å². The summed E-state index contributed by atoms with van der Waals surface area (Å²) in [6, 6.07) is 7.66. The van der Waals surface area contributed by atoms with Gasteiger partial charge in [0.05, 0.1) is 12.5 Å². The van der Waals surface area contributed by atoms with Crippen molar-refractivity contribution in [2.45, 2.75) is 19.9 Å². The smallest absolute Gasteiger partial charge is 0.346 e. The van der Waals surface area contributed by atoms with Gasteiger partial charge < -0.3 is 9.84 Å². The lowest BCUT2D eigenvalue weighted by molar-refractivity contribution is 0.0701. The average Bonchev–Trinajstić information content (AvgIpc) is 3.18. The highest BCUT2D eigenvalue weighted by atomic mass is 32.1. The molecule has 0 aliphatic carbocycles. The summed E-state index contributed by atoms with van der Waals surface area (Å²) in [7, 11) is 1.62. The Morgan fingerprint density at radius 1 is 1.35 bits per heavy atom. The summed E-state index contributed by atoms with van der Waals surface area (Å²) >= 11 is 1.06. The number of aryl methyl sites for hydroxylation is 1. The number of carbonyl (C=O) groups is 1. The minimum atomic E-state index is -1.02. The van der Waals surface area contributed by atoms with Gasteiger partial charge in [0.1, 0.15) is 21.3 Å². The van der Waals surface area contributed by atoms with Gasteiger partial charge in [0.25, 0.3) is 5.56 Å². The predicted molar refractivity (Wildman–Crippen MR) is 101 cm³/mol. The first-order valence-electron chi connectivity index (χ1n) is 8.12. The van der Waals surface area contributed by atoms with Crippen molar-refractivity contribution in [2.24, 2.45) is 0 Å². The van der Waals surface area contributed by atoms with Gasteiger partial charge in [0.2, 0.25) is 0 Å². The van der Waals surface area contributed by atoms with Crippen molar-refractivity contribution >= 4 is 39.2 Å². The van der Waals surface area contributed by atoms with Crippen LogP contribution in [0, 0.1) is 6.92 Å². The van der Waals surface area contributed by atoms with E-state index in [1.54, 1.807) is 18.6 Å². The second-order valence-electron chi connectivity index (χ2n) is 6.13. The van der Waals surface area contributed by atoms with Gasteiger partial charge in [-0.25, -0.2) is 9.78 Å². The third-order valence-corrected chi connectivity index (χ3v) is 5.77. The number of hydrogen-bond acceptors (Lipinski definition) is 5. The highest BCUT2D eigenvalue weighted by molar-refractivity contribution is 7.20. The normalized spacial score (nSPS) is 14.8. The largest absolute Gasteiger partial charge is 0.497 e. The van der Waals surface area contributed by atoms with Gasteiger partial charge >= 0.3 is 5.97 Å². The molecule has 0 spiro atoms. The van der Waals surface area contributed by atoms with E-state index in [1.165, 1.54) is 0 Å². The SMILES string of the molecule is COc1ccc(/C=C2\CCn3c2nc2sc(C(=O)O)c(C)c2c3=O)cc1. The second kappa shape index (κ2) is 6.10. The maximum absolute atomic E-state index is 12.9. The Hall–Kier alpha value is -2.93. The van der Waals surface area contributed by atoms with E-state index in [2.05, 4.69) is 4.98 Å². The number of rotatable bonds is 3. The third kappa shape index (κ3) is 2.52. The molecule has 6 nitrogen and oxygen atoms in total. The van der Waals surface area contributed by atoms with Crippen LogP contribution in [0.15, 0.2) is 29.1 Å². The number of allylic oxidation sites excluding steroid dienone is 1. The topological polar surface area (TPSA) is 81.4 Å². The third-order valence-electron chi connectivity index (χ3n) is 4.59. The number of methoxy groups -OCH3 is 1. The minimum Gasteiger partial charge on any atom is -0.497 e. The lowest BCUT2D eigenvalue weighted by Crippen LogP contribution is -2.20. The molecule has 26 heavy (non-hydrogen) atoms. The Bertz CT molecular complexity index is 1120. The molecule has 4 rings (SSSR count). The van der Waals surface area contributed by atoms with Crippen molar-refractivity contribution in [3.05, 3.63) is 56.4 Å². The molecule has 1 N–H and O–H groups in total. The van der Waals surface area contributed by atoms with Crippen LogP contribution < -0.4 is 10.3 Å². The first-order chi connectivity index (χ1) is 12.5. The summed E-state index contributed by atoms with van der Waals surface area (Å²) in [6.07, 6.45) is 2.73. The first-order valence-corrected chi connectivity index (χ1v) is 8.93. The summed E-state index contributed by atoms with van der Waals surface area (Å²) in [6.45, 7) is 2.22. The fourth-order valence-corrected chi connectivity index (χ4v) is 4.27. The standard InChI is InChI=1S/C19H16N2O4S/c1-10-14-17(26-15(10)19(23)24)20-16-12(7-8-21(16)18(14)22)9-11-3-5-13(25-2)6-4-11/h3-6,9H,7-8H2,1-2H3,(H,23,24)/b12-9+. The van der Waals surface area contributed by atoms with Crippen molar-refractivity contribution in [3.8, 4) is 5.75 Å². The zero-order valence-corrected chi connectivity index (χ0v) is 15.1. The van der Waals surface area contributed by atoms with E-state index in [-0.39, 0.29) is 10.4 Å². The van der Waals surface area contributed by atoms with Crippen molar-refractivity contribution in [1.82, 2.24) is 9.55 Å². The maximum Gasteiger partial charge on any atom is 0.346 e. The van der Waals surface area contributed by atoms with Crippen molar-refractivity contribution in [2.75, 3.05) is 7.11 Å². The molecule has 1 aliphatic rings. The molecular weight excluding hydrogens is 352 g/mol. The maximum atomic E-state index is 12.9. The van der Waals surface area contributed by atoms with Crippen LogP contribution in [-0.4, -0.2) is 27.7 Å².